The van der Waals surface area contributed by atoms with E-state index in [2.05, 4.69) is 5.32 Å². The number of methoxy groups -OCH3 is 1. The summed E-state index contributed by atoms with van der Waals surface area (Å²) in [6.45, 7) is 2.35. The standard InChI is InChI=1S/C19H23ClN2O4S/c1-14(13-26-2)21-19(23)15-8-10-17(11-9-15)22(27(3,24)25)12-16-6-4-5-7-18(16)20/h4-11,14H,12-13H2,1-3H3,(H,21,23)/t14-/m1/s1. The molecule has 2 aromatic rings. The highest BCUT2D eigenvalue weighted by molar-refractivity contribution is 7.92. The van der Waals surface area contributed by atoms with E-state index in [0.29, 0.717) is 28.4 Å². The fourth-order valence-electron chi connectivity index (χ4n) is 2.56. The van der Waals surface area contributed by atoms with Crippen LogP contribution < -0.4 is 9.62 Å². The molecule has 146 valence electrons. The molecular weight excluding hydrogens is 388 g/mol. The molecule has 2 rings (SSSR count). The summed E-state index contributed by atoms with van der Waals surface area (Å²) in [4.78, 5) is 12.2. The highest BCUT2D eigenvalue weighted by Gasteiger charge is 2.19. The summed E-state index contributed by atoms with van der Waals surface area (Å²) in [6.07, 6.45) is 1.14. The normalized spacial score (nSPS) is 12.4. The summed E-state index contributed by atoms with van der Waals surface area (Å²) >= 11 is 6.16. The van der Waals surface area contributed by atoms with Crippen molar-refractivity contribution in [3.8, 4) is 0 Å². The first kappa shape index (κ1) is 21.2. The summed E-state index contributed by atoms with van der Waals surface area (Å²) in [6, 6.07) is 13.3. The lowest BCUT2D eigenvalue weighted by molar-refractivity contribution is 0.0905. The van der Waals surface area contributed by atoms with Crippen molar-refractivity contribution in [1.29, 1.82) is 0 Å². The Morgan fingerprint density at radius 1 is 1.19 bits per heavy atom. The van der Waals surface area contributed by atoms with Gasteiger partial charge >= 0.3 is 0 Å². The Bertz CT molecular complexity index is 885. The number of benzene rings is 2. The fourth-order valence-corrected chi connectivity index (χ4v) is 3.63. The van der Waals surface area contributed by atoms with Crippen LogP contribution in [-0.2, 0) is 21.3 Å². The number of rotatable bonds is 8. The lowest BCUT2D eigenvalue weighted by Gasteiger charge is -2.23. The van der Waals surface area contributed by atoms with Crippen molar-refractivity contribution in [3.63, 3.8) is 0 Å². The lowest BCUT2D eigenvalue weighted by atomic mass is 10.1. The number of ether oxygens (including phenoxy) is 1. The van der Waals surface area contributed by atoms with Crippen LogP contribution in [-0.4, -0.2) is 40.3 Å². The van der Waals surface area contributed by atoms with E-state index in [1.165, 1.54) is 4.31 Å². The molecule has 0 aromatic heterocycles. The van der Waals surface area contributed by atoms with Crippen molar-refractivity contribution < 1.29 is 17.9 Å². The second-order valence-electron chi connectivity index (χ2n) is 6.24. The maximum atomic E-state index is 12.3. The minimum Gasteiger partial charge on any atom is -0.383 e. The van der Waals surface area contributed by atoms with Crippen molar-refractivity contribution in [2.24, 2.45) is 0 Å². The van der Waals surface area contributed by atoms with Gasteiger partial charge in [-0.2, -0.15) is 0 Å². The number of anilines is 1. The van der Waals surface area contributed by atoms with E-state index in [9.17, 15) is 13.2 Å². The van der Waals surface area contributed by atoms with E-state index in [1.807, 2.05) is 6.92 Å². The Morgan fingerprint density at radius 2 is 1.81 bits per heavy atom. The molecule has 0 saturated carbocycles. The Labute approximate surface area is 165 Å². The zero-order valence-electron chi connectivity index (χ0n) is 15.5. The maximum absolute atomic E-state index is 12.3. The SMILES string of the molecule is COC[C@@H](C)NC(=O)c1ccc(N(Cc2ccccc2Cl)S(C)(=O)=O)cc1. The quantitative estimate of drug-likeness (QED) is 0.725. The summed E-state index contributed by atoms with van der Waals surface area (Å²) in [7, 11) is -1.97. The van der Waals surface area contributed by atoms with Gasteiger partial charge in [0.1, 0.15) is 0 Å². The van der Waals surface area contributed by atoms with Gasteiger partial charge in [-0.25, -0.2) is 8.42 Å². The fraction of sp³-hybridized carbons (Fsp3) is 0.316. The zero-order chi connectivity index (χ0) is 20.0. The van der Waals surface area contributed by atoms with Gasteiger partial charge in [0.25, 0.3) is 5.91 Å². The maximum Gasteiger partial charge on any atom is 0.251 e. The Hall–Kier alpha value is -2.09. The van der Waals surface area contributed by atoms with E-state index in [1.54, 1.807) is 55.6 Å². The predicted molar refractivity (Wildman–Crippen MR) is 108 cm³/mol. The first-order valence-electron chi connectivity index (χ1n) is 8.33. The number of hydrogen-bond acceptors (Lipinski definition) is 4. The summed E-state index contributed by atoms with van der Waals surface area (Å²) in [5, 5.41) is 3.30. The minimum atomic E-state index is -3.53. The van der Waals surface area contributed by atoms with Crippen LogP contribution in [0.5, 0.6) is 0 Å². The van der Waals surface area contributed by atoms with Gasteiger partial charge in [0.15, 0.2) is 0 Å². The van der Waals surface area contributed by atoms with Crippen molar-refractivity contribution in [2.45, 2.75) is 19.5 Å². The van der Waals surface area contributed by atoms with Crippen LogP contribution in [0.1, 0.15) is 22.8 Å². The lowest BCUT2D eigenvalue weighted by Crippen LogP contribution is -2.35. The largest absolute Gasteiger partial charge is 0.383 e. The molecule has 0 saturated heterocycles. The molecule has 1 N–H and O–H groups in total. The van der Waals surface area contributed by atoms with E-state index >= 15 is 0 Å². The van der Waals surface area contributed by atoms with Crippen molar-refractivity contribution in [1.82, 2.24) is 5.32 Å². The Morgan fingerprint density at radius 3 is 2.37 bits per heavy atom. The molecule has 0 radical (unpaired) electrons. The van der Waals surface area contributed by atoms with E-state index < -0.39 is 10.0 Å². The predicted octanol–water partition coefficient (Wildman–Crippen LogP) is 3.07. The highest BCUT2D eigenvalue weighted by atomic mass is 35.5. The number of carbonyl (C=O) groups is 1. The molecule has 27 heavy (non-hydrogen) atoms. The van der Waals surface area contributed by atoms with Gasteiger partial charge in [-0.1, -0.05) is 29.8 Å². The molecule has 0 aliphatic heterocycles. The van der Waals surface area contributed by atoms with E-state index in [4.69, 9.17) is 16.3 Å². The van der Waals surface area contributed by atoms with Crippen LogP contribution >= 0.6 is 11.6 Å². The number of hydrogen-bond donors (Lipinski definition) is 1. The van der Waals surface area contributed by atoms with Gasteiger partial charge < -0.3 is 10.1 Å². The monoisotopic (exact) mass is 410 g/mol. The Kier molecular flexibility index (Phi) is 7.24. The van der Waals surface area contributed by atoms with Crippen LogP contribution in [0.25, 0.3) is 0 Å². The summed E-state index contributed by atoms with van der Waals surface area (Å²) < 4.78 is 30.8. The molecular formula is C19H23ClN2O4S. The van der Waals surface area contributed by atoms with Crippen LogP contribution in [0.15, 0.2) is 48.5 Å². The third-order valence-electron chi connectivity index (χ3n) is 3.88. The zero-order valence-corrected chi connectivity index (χ0v) is 17.0. The minimum absolute atomic E-state index is 0.106. The number of nitrogens with one attached hydrogen (secondary N) is 1. The van der Waals surface area contributed by atoms with Gasteiger partial charge in [0, 0.05) is 23.7 Å². The molecule has 6 nitrogen and oxygen atoms in total. The van der Waals surface area contributed by atoms with Crippen LogP contribution in [0.3, 0.4) is 0 Å². The van der Waals surface area contributed by atoms with Gasteiger partial charge in [0.05, 0.1) is 25.1 Å². The highest BCUT2D eigenvalue weighted by Crippen LogP contribution is 2.24. The second kappa shape index (κ2) is 9.21. The Balaban J connectivity index is 2.23. The number of nitrogens with zero attached hydrogens (tertiary/aromatic N) is 1. The number of sulfonamides is 1. The molecule has 0 heterocycles. The summed E-state index contributed by atoms with van der Waals surface area (Å²) in [5.41, 5.74) is 1.59. The smallest absolute Gasteiger partial charge is 0.251 e. The first-order chi connectivity index (χ1) is 12.7. The molecule has 1 atom stereocenters. The second-order valence-corrected chi connectivity index (χ2v) is 8.55. The van der Waals surface area contributed by atoms with Crippen LogP contribution in [0.4, 0.5) is 5.69 Å². The molecule has 8 heteroatoms. The van der Waals surface area contributed by atoms with Crippen LogP contribution in [0, 0.1) is 0 Å². The molecule has 2 aromatic carbocycles. The summed E-state index contributed by atoms with van der Waals surface area (Å²) in [5.74, 6) is -0.247. The van der Waals surface area contributed by atoms with Crippen molar-refractivity contribution >= 4 is 33.2 Å². The number of halogens is 1. The third-order valence-corrected chi connectivity index (χ3v) is 5.39. The molecule has 0 spiro atoms. The first-order valence-corrected chi connectivity index (χ1v) is 10.6. The van der Waals surface area contributed by atoms with Crippen LogP contribution in [0.2, 0.25) is 5.02 Å². The van der Waals surface area contributed by atoms with Crippen molar-refractivity contribution in [2.75, 3.05) is 24.3 Å². The number of amides is 1. The number of carbonyl (C=O) groups excluding carboxylic acids is 1. The van der Waals surface area contributed by atoms with Gasteiger partial charge in [-0.15, -0.1) is 0 Å². The topological polar surface area (TPSA) is 75.7 Å². The van der Waals surface area contributed by atoms with E-state index in [-0.39, 0.29) is 18.5 Å². The van der Waals surface area contributed by atoms with Gasteiger partial charge in [-0.05, 0) is 42.8 Å². The molecule has 0 unspecified atom stereocenters. The molecule has 0 aliphatic rings. The molecule has 1 amide bonds. The van der Waals surface area contributed by atoms with E-state index in [0.717, 1.165) is 6.26 Å². The molecule has 0 aliphatic carbocycles. The van der Waals surface area contributed by atoms with Crippen molar-refractivity contribution in [3.05, 3.63) is 64.7 Å². The molecule has 0 bridgehead atoms. The third kappa shape index (κ3) is 5.95. The average Bonchev–Trinajstić information content (AvgIpc) is 2.60. The van der Waals surface area contributed by atoms with Gasteiger partial charge in [0.2, 0.25) is 10.0 Å². The van der Waals surface area contributed by atoms with Gasteiger partial charge in [-0.3, -0.25) is 9.10 Å². The average molecular weight is 411 g/mol. The molecule has 0 fully saturated rings.